The third-order valence-corrected chi connectivity index (χ3v) is 4.91. The molecule has 0 spiro atoms. The van der Waals surface area contributed by atoms with Crippen LogP contribution in [0.3, 0.4) is 0 Å². The largest absolute Gasteiger partial charge is 0.437 e. The Balaban J connectivity index is 1.47. The zero-order valence-electron chi connectivity index (χ0n) is 16.0. The van der Waals surface area contributed by atoms with Gasteiger partial charge in [-0.05, 0) is 31.4 Å². The van der Waals surface area contributed by atoms with Gasteiger partial charge in [0.1, 0.15) is 11.6 Å². The molecule has 1 saturated heterocycles. The Labute approximate surface area is 167 Å². The number of amides is 1. The molecule has 1 fully saturated rings. The molecule has 1 amide bonds. The average molecular weight is 396 g/mol. The lowest BCUT2D eigenvalue weighted by Gasteiger charge is -2.31. The third-order valence-electron chi connectivity index (χ3n) is 4.91. The molecular formula is C21H21FN4O3. The van der Waals surface area contributed by atoms with Crippen molar-refractivity contribution in [3.05, 3.63) is 65.7 Å². The van der Waals surface area contributed by atoms with Crippen LogP contribution in [0.5, 0.6) is 11.6 Å². The standard InChI is InChI=1S/C21H21FN4O3/c1-2-16-10-19(29-25-16)21(27)26-8-4-5-14(13-26)18-11-23-12-20(24-18)28-17-7-3-6-15(22)9-17/h3,6-7,9-12,14H,2,4-5,8,13H2,1H3. The topological polar surface area (TPSA) is 81.4 Å². The summed E-state index contributed by atoms with van der Waals surface area (Å²) in [4.78, 5) is 23.2. The van der Waals surface area contributed by atoms with Crippen LogP contribution in [0.15, 0.2) is 47.2 Å². The molecule has 1 unspecified atom stereocenters. The molecule has 3 heterocycles. The van der Waals surface area contributed by atoms with Crippen molar-refractivity contribution in [2.24, 2.45) is 0 Å². The number of aromatic nitrogens is 3. The number of likely N-dealkylation sites (tertiary alicyclic amines) is 1. The zero-order valence-corrected chi connectivity index (χ0v) is 16.0. The number of ether oxygens (including phenoxy) is 1. The highest BCUT2D eigenvalue weighted by Gasteiger charge is 2.28. The summed E-state index contributed by atoms with van der Waals surface area (Å²) in [5, 5.41) is 3.90. The van der Waals surface area contributed by atoms with E-state index in [9.17, 15) is 9.18 Å². The summed E-state index contributed by atoms with van der Waals surface area (Å²) in [5.41, 5.74) is 1.50. The minimum Gasteiger partial charge on any atom is -0.437 e. The molecule has 0 aliphatic carbocycles. The van der Waals surface area contributed by atoms with Crippen molar-refractivity contribution in [2.75, 3.05) is 13.1 Å². The van der Waals surface area contributed by atoms with E-state index in [-0.39, 0.29) is 23.4 Å². The van der Waals surface area contributed by atoms with Crippen molar-refractivity contribution in [3.63, 3.8) is 0 Å². The first-order chi connectivity index (χ1) is 14.1. The third kappa shape index (κ3) is 4.42. The summed E-state index contributed by atoms with van der Waals surface area (Å²) >= 11 is 0. The fraction of sp³-hybridized carbons (Fsp3) is 0.333. The van der Waals surface area contributed by atoms with Crippen molar-refractivity contribution in [1.82, 2.24) is 20.0 Å². The highest BCUT2D eigenvalue weighted by atomic mass is 19.1. The van der Waals surface area contributed by atoms with Crippen molar-refractivity contribution in [3.8, 4) is 11.6 Å². The number of carbonyl (C=O) groups is 1. The van der Waals surface area contributed by atoms with Gasteiger partial charge in [-0.3, -0.25) is 9.78 Å². The van der Waals surface area contributed by atoms with Crippen LogP contribution in [0, 0.1) is 5.82 Å². The molecule has 1 aliphatic heterocycles. The molecule has 0 N–H and O–H groups in total. The molecule has 7 nitrogen and oxygen atoms in total. The van der Waals surface area contributed by atoms with E-state index in [4.69, 9.17) is 9.26 Å². The highest BCUT2D eigenvalue weighted by Crippen LogP contribution is 2.28. The molecule has 0 saturated carbocycles. The van der Waals surface area contributed by atoms with Gasteiger partial charge in [0, 0.05) is 37.3 Å². The van der Waals surface area contributed by atoms with Gasteiger partial charge >= 0.3 is 0 Å². The molecule has 1 aromatic carbocycles. The monoisotopic (exact) mass is 396 g/mol. The van der Waals surface area contributed by atoms with Crippen LogP contribution in [0.25, 0.3) is 0 Å². The minimum atomic E-state index is -0.383. The van der Waals surface area contributed by atoms with E-state index in [1.165, 1.54) is 18.3 Å². The normalized spacial score (nSPS) is 16.6. The van der Waals surface area contributed by atoms with E-state index >= 15 is 0 Å². The summed E-state index contributed by atoms with van der Waals surface area (Å²) in [7, 11) is 0. The zero-order chi connectivity index (χ0) is 20.2. The summed E-state index contributed by atoms with van der Waals surface area (Å²) in [6.07, 6.45) is 5.62. The van der Waals surface area contributed by atoms with Gasteiger partial charge in [-0.25, -0.2) is 9.37 Å². The number of hydrogen-bond donors (Lipinski definition) is 0. The van der Waals surface area contributed by atoms with Gasteiger partial charge in [-0.1, -0.05) is 18.1 Å². The van der Waals surface area contributed by atoms with Gasteiger partial charge in [-0.2, -0.15) is 0 Å². The number of piperidine rings is 1. The highest BCUT2D eigenvalue weighted by molar-refractivity contribution is 5.91. The molecule has 0 radical (unpaired) electrons. The van der Waals surface area contributed by atoms with Crippen LogP contribution in [-0.4, -0.2) is 39.0 Å². The van der Waals surface area contributed by atoms with Crippen LogP contribution >= 0.6 is 0 Å². The first-order valence-electron chi connectivity index (χ1n) is 9.62. The smallest absolute Gasteiger partial charge is 0.292 e. The maximum absolute atomic E-state index is 13.4. The van der Waals surface area contributed by atoms with Gasteiger partial charge in [0.05, 0.1) is 17.6 Å². The van der Waals surface area contributed by atoms with E-state index in [1.807, 2.05) is 6.92 Å². The molecule has 150 valence electrons. The van der Waals surface area contributed by atoms with Gasteiger partial charge < -0.3 is 14.2 Å². The van der Waals surface area contributed by atoms with Gasteiger partial charge in [0.25, 0.3) is 5.91 Å². The Morgan fingerprint density at radius 1 is 1.34 bits per heavy atom. The summed E-state index contributed by atoms with van der Waals surface area (Å²) in [6, 6.07) is 7.55. The second-order valence-electron chi connectivity index (χ2n) is 6.97. The van der Waals surface area contributed by atoms with Crippen LogP contribution in [-0.2, 0) is 6.42 Å². The first kappa shape index (κ1) is 19.0. The molecule has 1 atom stereocenters. The number of rotatable bonds is 5. The summed E-state index contributed by atoms with van der Waals surface area (Å²) < 4.78 is 24.2. The van der Waals surface area contributed by atoms with Gasteiger partial charge in [0.2, 0.25) is 11.6 Å². The first-order valence-corrected chi connectivity index (χ1v) is 9.62. The molecule has 1 aliphatic rings. The van der Waals surface area contributed by atoms with Crippen molar-refractivity contribution in [1.29, 1.82) is 0 Å². The number of hydrogen-bond acceptors (Lipinski definition) is 6. The Morgan fingerprint density at radius 3 is 3.03 bits per heavy atom. The van der Waals surface area contributed by atoms with Crippen molar-refractivity contribution >= 4 is 5.91 Å². The lowest BCUT2D eigenvalue weighted by Crippen LogP contribution is -2.39. The average Bonchev–Trinajstić information content (AvgIpc) is 3.23. The van der Waals surface area contributed by atoms with Crippen LogP contribution < -0.4 is 4.74 Å². The lowest BCUT2D eigenvalue weighted by atomic mass is 9.95. The number of benzene rings is 1. The molecule has 4 rings (SSSR count). The maximum atomic E-state index is 13.4. The molecule has 8 heteroatoms. The second kappa shape index (κ2) is 8.38. The summed E-state index contributed by atoms with van der Waals surface area (Å²) in [6.45, 7) is 3.13. The fourth-order valence-electron chi connectivity index (χ4n) is 3.40. The number of aryl methyl sites for hydroxylation is 1. The summed E-state index contributed by atoms with van der Waals surface area (Å²) in [5.74, 6) is 0.392. The van der Waals surface area contributed by atoms with E-state index in [0.717, 1.165) is 24.2 Å². The molecular weight excluding hydrogens is 375 g/mol. The minimum absolute atomic E-state index is 0.0322. The number of nitrogens with zero attached hydrogens (tertiary/aromatic N) is 4. The Kier molecular flexibility index (Phi) is 5.50. The van der Waals surface area contributed by atoms with Crippen LogP contribution in [0.4, 0.5) is 4.39 Å². The molecule has 0 bridgehead atoms. The van der Waals surface area contributed by atoms with Crippen molar-refractivity contribution in [2.45, 2.75) is 32.1 Å². The predicted molar refractivity (Wildman–Crippen MR) is 102 cm³/mol. The fourth-order valence-corrected chi connectivity index (χ4v) is 3.40. The quantitative estimate of drug-likeness (QED) is 0.649. The van der Waals surface area contributed by atoms with E-state index in [0.29, 0.717) is 31.1 Å². The maximum Gasteiger partial charge on any atom is 0.292 e. The van der Waals surface area contributed by atoms with Crippen molar-refractivity contribution < 1.29 is 18.4 Å². The van der Waals surface area contributed by atoms with E-state index < -0.39 is 0 Å². The van der Waals surface area contributed by atoms with Crippen LogP contribution in [0.1, 0.15) is 47.6 Å². The predicted octanol–water partition coefficient (Wildman–Crippen LogP) is 3.98. The Bertz CT molecular complexity index is 1010. The van der Waals surface area contributed by atoms with Gasteiger partial charge in [0.15, 0.2) is 0 Å². The Hall–Kier alpha value is -3.29. The number of carbonyl (C=O) groups excluding carboxylic acids is 1. The number of halogens is 1. The SMILES string of the molecule is CCc1cc(C(=O)N2CCCC(c3cncc(Oc4cccc(F)c4)n3)C2)on1. The van der Waals surface area contributed by atoms with Crippen LogP contribution in [0.2, 0.25) is 0 Å². The molecule has 3 aromatic rings. The van der Waals surface area contributed by atoms with E-state index in [2.05, 4.69) is 15.1 Å². The second-order valence-corrected chi connectivity index (χ2v) is 6.97. The van der Waals surface area contributed by atoms with Gasteiger partial charge in [-0.15, -0.1) is 0 Å². The molecule has 29 heavy (non-hydrogen) atoms. The molecule has 2 aromatic heterocycles. The lowest BCUT2D eigenvalue weighted by molar-refractivity contribution is 0.0663. The van der Waals surface area contributed by atoms with E-state index in [1.54, 1.807) is 29.3 Å². The Morgan fingerprint density at radius 2 is 2.24 bits per heavy atom.